The molecule has 1 aromatic carbocycles. The summed E-state index contributed by atoms with van der Waals surface area (Å²) in [6.07, 6.45) is 4.21. The van der Waals surface area contributed by atoms with Gasteiger partial charge >= 0.3 is 6.09 Å². The van der Waals surface area contributed by atoms with E-state index in [1.165, 1.54) is 13.3 Å². The van der Waals surface area contributed by atoms with Crippen LogP contribution in [0.1, 0.15) is 24.1 Å². The standard InChI is InChI=1S/C18H18N6O3/c1-26-20-8-14-9-23(22-21-14)10-16-11-24(17(25)27-16)15-4-2-13(3-5-15)18(12-19)6-7-18/h2-5,8-9,16H,6-7,10-11H2,1H3/t16-/m0/s1. The van der Waals surface area contributed by atoms with Crippen LogP contribution in [0, 0.1) is 11.3 Å². The van der Waals surface area contributed by atoms with E-state index < -0.39 is 6.09 Å². The fourth-order valence-corrected chi connectivity index (χ4v) is 3.16. The molecule has 2 heterocycles. The Kier molecular flexibility index (Phi) is 4.24. The van der Waals surface area contributed by atoms with Gasteiger partial charge in [0.15, 0.2) is 0 Å². The molecule has 1 amide bonds. The van der Waals surface area contributed by atoms with Crippen LogP contribution in [-0.2, 0) is 21.5 Å². The zero-order valence-corrected chi connectivity index (χ0v) is 14.8. The predicted molar refractivity (Wildman–Crippen MR) is 95.2 cm³/mol. The first kappa shape index (κ1) is 17.0. The maximum Gasteiger partial charge on any atom is 0.414 e. The van der Waals surface area contributed by atoms with Gasteiger partial charge in [-0.15, -0.1) is 5.10 Å². The number of cyclic esters (lactones) is 1. The van der Waals surface area contributed by atoms with E-state index in [4.69, 9.17) is 4.74 Å². The predicted octanol–water partition coefficient (Wildman–Crippen LogP) is 1.84. The third-order valence-corrected chi connectivity index (χ3v) is 4.81. The summed E-state index contributed by atoms with van der Waals surface area (Å²) in [4.78, 5) is 18.4. The number of hydrogen-bond acceptors (Lipinski definition) is 7. The van der Waals surface area contributed by atoms with Gasteiger partial charge < -0.3 is 9.57 Å². The largest absolute Gasteiger partial charge is 0.442 e. The lowest BCUT2D eigenvalue weighted by Gasteiger charge is -2.14. The molecule has 1 aromatic heterocycles. The number of aromatic nitrogens is 3. The van der Waals surface area contributed by atoms with Crippen LogP contribution < -0.4 is 4.90 Å². The molecule has 0 N–H and O–H groups in total. The Morgan fingerprint density at radius 2 is 2.22 bits per heavy atom. The first-order chi connectivity index (χ1) is 13.1. The molecule has 2 aromatic rings. The average molecular weight is 366 g/mol. The van der Waals surface area contributed by atoms with Crippen molar-refractivity contribution in [3.05, 3.63) is 41.7 Å². The molecule has 1 atom stereocenters. The number of carbonyl (C=O) groups excluding carboxylic acids is 1. The molecule has 4 rings (SSSR count). The molecule has 9 heteroatoms. The zero-order chi connectivity index (χ0) is 18.9. The number of hydrogen-bond donors (Lipinski definition) is 0. The number of benzene rings is 1. The summed E-state index contributed by atoms with van der Waals surface area (Å²) in [5, 5.41) is 20.9. The van der Waals surface area contributed by atoms with Crippen LogP contribution in [0.2, 0.25) is 0 Å². The average Bonchev–Trinajstić information content (AvgIpc) is 3.23. The Labute approximate surface area is 155 Å². The SMILES string of the molecule is CON=Cc1cn(C[C@H]2CN(c3ccc(C4(C#N)CC4)cc3)C(=O)O2)nn1. The summed E-state index contributed by atoms with van der Waals surface area (Å²) >= 11 is 0. The Bertz CT molecular complexity index is 910. The molecule has 1 aliphatic carbocycles. The molecule has 9 nitrogen and oxygen atoms in total. The number of carbonyl (C=O) groups is 1. The molecule has 2 aliphatic rings. The normalized spacial score (nSPS) is 20.5. The van der Waals surface area contributed by atoms with Crippen LogP contribution in [0.3, 0.4) is 0 Å². The summed E-state index contributed by atoms with van der Waals surface area (Å²) in [6.45, 7) is 0.814. The molecule has 1 saturated heterocycles. The van der Waals surface area contributed by atoms with Crippen molar-refractivity contribution in [3.8, 4) is 6.07 Å². The molecule has 138 valence electrons. The van der Waals surface area contributed by atoms with Gasteiger partial charge in [-0.25, -0.2) is 9.48 Å². The quantitative estimate of drug-likeness (QED) is 0.570. The molecule has 0 bridgehead atoms. The van der Waals surface area contributed by atoms with Gasteiger partial charge in [0.25, 0.3) is 0 Å². The van der Waals surface area contributed by atoms with Gasteiger partial charge in [0.2, 0.25) is 0 Å². The van der Waals surface area contributed by atoms with Gasteiger partial charge in [-0.1, -0.05) is 22.5 Å². The lowest BCUT2D eigenvalue weighted by Crippen LogP contribution is -2.26. The van der Waals surface area contributed by atoms with Crippen molar-refractivity contribution in [1.29, 1.82) is 5.26 Å². The monoisotopic (exact) mass is 366 g/mol. The molecule has 0 radical (unpaired) electrons. The molecule has 0 unspecified atom stereocenters. The molecular weight excluding hydrogens is 348 g/mol. The number of rotatable bonds is 6. The molecule has 1 aliphatic heterocycles. The molecule has 0 spiro atoms. The summed E-state index contributed by atoms with van der Waals surface area (Å²) in [5.41, 5.74) is 1.99. The Hall–Kier alpha value is -3.41. The van der Waals surface area contributed by atoms with Gasteiger partial charge in [-0.3, -0.25) is 4.90 Å². The van der Waals surface area contributed by atoms with Crippen LogP contribution in [0.25, 0.3) is 0 Å². The van der Waals surface area contributed by atoms with Crippen molar-refractivity contribution < 1.29 is 14.4 Å². The van der Waals surface area contributed by atoms with E-state index in [1.54, 1.807) is 15.8 Å². The first-order valence-electron chi connectivity index (χ1n) is 8.60. The van der Waals surface area contributed by atoms with E-state index in [2.05, 4.69) is 26.4 Å². The van der Waals surface area contributed by atoms with E-state index in [0.29, 0.717) is 18.8 Å². The third-order valence-electron chi connectivity index (χ3n) is 4.81. The van der Waals surface area contributed by atoms with E-state index in [-0.39, 0.29) is 11.5 Å². The van der Waals surface area contributed by atoms with E-state index in [9.17, 15) is 10.1 Å². The third kappa shape index (κ3) is 3.33. The van der Waals surface area contributed by atoms with Crippen molar-refractivity contribution in [2.45, 2.75) is 30.9 Å². The van der Waals surface area contributed by atoms with Crippen LogP contribution in [-0.4, -0.2) is 47.1 Å². The molecule has 2 fully saturated rings. The second kappa shape index (κ2) is 6.72. The molecule has 1 saturated carbocycles. The van der Waals surface area contributed by atoms with Gasteiger partial charge in [0, 0.05) is 5.69 Å². The van der Waals surface area contributed by atoms with Crippen molar-refractivity contribution in [2.24, 2.45) is 5.16 Å². The number of nitrogens with zero attached hydrogens (tertiary/aromatic N) is 6. The maximum atomic E-state index is 12.2. The summed E-state index contributed by atoms with van der Waals surface area (Å²) in [5.74, 6) is 0. The number of oxime groups is 1. The summed E-state index contributed by atoms with van der Waals surface area (Å²) in [7, 11) is 1.45. The second-order valence-electron chi connectivity index (χ2n) is 6.64. The number of ether oxygens (including phenoxy) is 1. The maximum absolute atomic E-state index is 12.2. The van der Waals surface area contributed by atoms with Crippen molar-refractivity contribution in [3.63, 3.8) is 0 Å². The van der Waals surface area contributed by atoms with Crippen molar-refractivity contribution >= 4 is 18.0 Å². The summed E-state index contributed by atoms with van der Waals surface area (Å²) in [6, 6.07) is 9.95. The lowest BCUT2D eigenvalue weighted by molar-refractivity contribution is 0.129. The minimum Gasteiger partial charge on any atom is -0.442 e. The highest BCUT2D eigenvalue weighted by Gasteiger charge is 2.45. The minimum atomic E-state index is -0.393. The summed E-state index contributed by atoms with van der Waals surface area (Å²) < 4.78 is 7.04. The van der Waals surface area contributed by atoms with Gasteiger partial charge in [0.05, 0.1) is 37.0 Å². The highest BCUT2D eigenvalue weighted by molar-refractivity contribution is 5.89. The number of amides is 1. The van der Waals surface area contributed by atoms with E-state index >= 15 is 0 Å². The fraction of sp³-hybridized carbons (Fsp3) is 0.389. The topological polar surface area (TPSA) is 106 Å². The zero-order valence-electron chi connectivity index (χ0n) is 14.8. The van der Waals surface area contributed by atoms with Gasteiger partial charge in [-0.05, 0) is 30.5 Å². The Morgan fingerprint density at radius 3 is 2.89 bits per heavy atom. The van der Waals surface area contributed by atoms with Crippen LogP contribution in [0.5, 0.6) is 0 Å². The molecular formula is C18H18N6O3. The lowest BCUT2D eigenvalue weighted by atomic mass is 9.97. The Balaban J connectivity index is 1.41. The minimum absolute atomic E-state index is 0.330. The number of nitriles is 1. The smallest absolute Gasteiger partial charge is 0.414 e. The van der Waals surface area contributed by atoms with Crippen LogP contribution in [0.4, 0.5) is 10.5 Å². The highest BCUT2D eigenvalue weighted by Crippen LogP contribution is 2.47. The Morgan fingerprint density at radius 1 is 1.44 bits per heavy atom. The van der Waals surface area contributed by atoms with Crippen LogP contribution >= 0.6 is 0 Å². The van der Waals surface area contributed by atoms with Crippen molar-refractivity contribution in [2.75, 3.05) is 18.6 Å². The van der Waals surface area contributed by atoms with Crippen molar-refractivity contribution in [1.82, 2.24) is 15.0 Å². The van der Waals surface area contributed by atoms with Gasteiger partial charge in [0.1, 0.15) is 18.9 Å². The second-order valence-corrected chi connectivity index (χ2v) is 6.64. The molecule has 27 heavy (non-hydrogen) atoms. The highest BCUT2D eigenvalue weighted by atomic mass is 16.6. The van der Waals surface area contributed by atoms with Crippen LogP contribution in [0.15, 0.2) is 35.6 Å². The van der Waals surface area contributed by atoms with Gasteiger partial charge in [-0.2, -0.15) is 5.26 Å². The fourth-order valence-electron chi connectivity index (χ4n) is 3.16. The van der Waals surface area contributed by atoms with E-state index in [0.717, 1.165) is 24.1 Å². The van der Waals surface area contributed by atoms with E-state index in [1.807, 2.05) is 24.3 Å². The first-order valence-corrected chi connectivity index (χ1v) is 8.60. The number of anilines is 1.